The van der Waals surface area contributed by atoms with Gasteiger partial charge in [0.15, 0.2) is 5.58 Å². The van der Waals surface area contributed by atoms with Crippen LogP contribution in [0.25, 0.3) is 11.1 Å². The van der Waals surface area contributed by atoms with Gasteiger partial charge >= 0.3 is 5.97 Å². The predicted octanol–water partition coefficient (Wildman–Crippen LogP) is 1.77. The Kier molecular flexibility index (Phi) is 4.01. The number of nitrogens with zero attached hydrogens (tertiary/aromatic N) is 1. The molecule has 1 amide bonds. The number of hydrogen-bond donors (Lipinski definition) is 1. The first kappa shape index (κ1) is 13.4. The van der Waals surface area contributed by atoms with E-state index >= 15 is 0 Å². The van der Waals surface area contributed by atoms with Gasteiger partial charge in [-0.15, -0.1) is 0 Å². The molecule has 0 radical (unpaired) electrons. The van der Waals surface area contributed by atoms with Crippen LogP contribution in [-0.4, -0.2) is 30.0 Å². The van der Waals surface area contributed by atoms with E-state index in [1.165, 1.54) is 6.07 Å². The number of fused-ring (bicyclic) bond motifs is 1. The van der Waals surface area contributed by atoms with Gasteiger partial charge in [0.2, 0.25) is 0 Å². The third kappa shape index (κ3) is 3.23. The van der Waals surface area contributed by atoms with Crippen LogP contribution in [0.2, 0.25) is 5.35 Å². The maximum atomic E-state index is 11.8. The number of halogens is 1. The molecule has 0 spiro atoms. The molecule has 0 saturated heterocycles. The fraction of sp³-hybridized carbons (Fsp3) is 0.250. The largest absolute Gasteiger partial charge is 0.465 e. The molecular weight excluding hydrogens is 272 g/mol. The van der Waals surface area contributed by atoms with Gasteiger partial charge in [-0.05, 0) is 36.7 Å². The minimum Gasteiger partial charge on any atom is -0.465 e. The number of ether oxygens (including phenoxy) is 1. The monoisotopic (exact) mass is 282 g/mol. The fourth-order valence-corrected chi connectivity index (χ4v) is 1.68. The van der Waals surface area contributed by atoms with E-state index < -0.39 is 11.9 Å². The van der Waals surface area contributed by atoms with Gasteiger partial charge in [0, 0.05) is 5.56 Å². The Hall–Kier alpha value is -2.08. The number of oxazole rings is 1. The molecule has 1 aromatic carbocycles. The van der Waals surface area contributed by atoms with Crippen molar-refractivity contribution in [3.63, 3.8) is 0 Å². The van der Waals surface area contributed by atoms with Gasteiger partial charge in [0.1, 0.15) is 12.1 Å². The van der Waals surface area contributed by atoms with E-state index in [-0.39, 0.29) is 18.5 Å². The molecule has 2 aromatic rings. The topological polar surface area (TPSA) is 81.4 Å². The molecule has 0 atom stereocenters. The predicted molar refractivity (Wildman–Crippen MR) is 68.0 cm³/mol. The second-order valence-corrected chi connectivity index (χ2v) is 3.96. The first-order valence-corrected chi connectivity index (χ1v) is 5.98. The van der Waals surface area contributed by atoms with E-state index in [1.807, 2.05) is 0 Å². The number of aromatic nitrogens is 1. The molecule has 0 bridgehead atoms. The lowest BCUT2D eigenvalue weighted by atomic mass is 10.2. The number of hydrogen-bond acceptors (Lipinski definition) is 5. The van der Waals surface area contributed by atoms with Crippen LogP contribution in [0, 0.1) is 0 Å². The molecule has 7 heteroatoms. The number of amides is 1. The maximum absolute atomic E-state index is 11.8. The Morgan fingerprint density at radius 3 is 3.00 bits per heavy atom. The highest BCUT2D eigenvalue weighted by Crippen LogP contribution is 2.19. The Balaban J connectivity index is 2.06. The highest BCUT2D eigenvalue weighted by Gasteiger charge is 2.11. The van der Waals surface area contributed by atoms with Crippen molar-refractivity contribution in [2.45, 2.75) is 6.92 Å². The SMILES string of the molecule is CCOC(=O)CNC(=O)c1ccc2oc(Cl)nc2c1. The van der Waals surface area contributed by atoms with Crippen LogP contribution in [0.3, 0.4) is 0 Å². The number of benzene rings is 1. The molecule has 0 aliphatic heterocycles. The first-order valence-electron chi connectivity index (χ1n) is 5.60. The second-order valence-electron chi connectivity index (χ2n) is 3.64. The number of nitrogens with one attached hydrogen (secondary N) is 1. The second kappa shape index (κ2) is 5.71. The summed E-state index contributed by atoms with van der Waals surface area (Å²) < 4.78 is 9.78. The van der Waals surface area contributed by atoms with Gasteiger partial charge in [0.25, 0.3) is 11.3 Å². The highest BCUT2D eigenvalue weighted by atomic mass is 35.5. The first-order chi connectivity index (χ1) is 9.10. The molecule has 0 fully saturated rings. The molecule has 0 saturated carbocycles. The lowest BCUT2D eigenvalue weighted by Crippen LogP contribution is -2.30. The van der Waals surface area contributed by atoms with Crippen molar-refractivity contribution >= 4 is 34.6 Å². The summed E-state index contributed by atoms with van der Waals surface area (Å²) in [6, 6.07) is 4.68. The molecule has 6 nitrogen and oxygen atoms in total. The zero-order chi connectivity index (χ0) is 13.8. The average molecular weight is 283 g/mol. The quantitative estimate of drug-likeness (QED) is 0.864. The molecule has 2 rings (SSSR count). The zero-order valence-electron chi connectivity index (χ0n) is 10.1. The van der Waals surface area contributed by atoms with Crippen molar-refractivity contribution < 1.29 is 18.7 Å². The third-order valence-electron chi connectivity index (χ3n) is 2.32. The van der Waals surface area contributed by atoms with Crippen LogP contribution in [-0.2, 0) is 9.53 Å². The Morgan fingerprint density at radius 1 is 1.47 bits per heavy atom. The van der Waals surface area contributed by atoms with Crippen molar-refractivity contribution in [2.75, 3.05) is 13.2 Å². The summed E-state index contributed by atoms with van der Waals surface area (Å²) in [6.07, 6.45) is 0. The van der Waals surface area contributed by atoms with E-state index in [0.29, 0.717) is 16.7 Å². The molecule has 100 valence electrons. The molecule has 0 unspecified atom stereocenters. The number of carbonyl (C=O) groups is 2. The standard InChI is InChI=1S/C12H11ClN2O4/c1-2-18-10(16)6-14-11(17)7-3-4-9-8(5-7)15-12(13)19-9/h3-5H,2,6H2,1H3,(H,14,17). The Labute approximate surface area is 113 Å². The van der Waals surface area contributed by atoms with Crippen molar-refractivity contribution in [3.05, 3.63) is 29.1 Å². The van der Waals surface area contributed by atoms with Crippen LogP contribution in [0.15, 0.2) is 22.6 Å². The van der Waals surface area contributed by atoms with Gasteiger partial charge < -0.3 is 14.5 Å². The maximum Gasteiger partial charge on any atom is 0.325 e. The normalized spacial score (nSPS) is 10.4. The van der Waals surface area contributed by atoms with Crippen LogP contribution in [0.5, 0.6) is 0 Å². The van der Waals surface area contributed by atoms with Crippen LogP contribution in [0.1, 0.15) is 17.3 Å². The summed E-state index contributed by atoms with van der Waals surface area (Å²) in [4.78, 5) is 26.8. The van der Waals surface area contributed by atoms with Gasteiger partial charge in [-0.3, -0.25) is 9.59 Å². The minimum atomic E-state index is -0.485. The lowest BCUT2D eigenvalue weighted by molar-refractivity contribution is -0.141. The van der Waals surface area contributed by atoms with Crippen LogP contribution >= 0.6 is 11.6 Å². The van der Waals surface area contributed by atoms with Gasteiger partial charge in [-0.25, -0.2) is 0 Å². The summed E-state index contributed by atoms with van der Waals surface area (Å²) in [6.45, 7) is 1.80. The van der Waals surface area contributed by atoms with Crippen LogP contribution in [0.4, 0.5) is 0 Å². The third-order valence-corrected chi connectivity index (χ3v) is 2.48. The fourth-order valence-electron chi connectivity index (χ4n) is 1.51. The van der Waals surface area contributed by atoms with Crippen molar-refractivity contribution in [3.8, 4) is 0 Å². The van der Waals surface area contributed by atoms with Crippen molar-refractivity contribution in [1.29, 1.82) is 0 Å². The van der Waals surface area contributed by atoms with E-state index in [4.69, 9.17) is 20.8 Å². The molecular formula is C12H11ClN2O4. The lowest BCUT2D eigenvalue weighted by Gasteiger charge is -2.04. The van der Waals surface area contributed by atoms with Gasteiger partial charge in [-0.2, -0.15) is 4.98 Å². The number of carbonyl (C=O) groups excluding carboxylic acids is 2. The minimum absolute atomic E-state index is 0.0130. The summed E-state index contributed by atoms with van der Waals surface area (Å²) in [5.74, 6) is -0.879. The number of esters is 1. The van der Waals surface area contributed by atoms with E-state index in [1.54, 1.807) is 19.1 Å². The van der Waals surface area contributed by atoms with E-state index in [9.17, 15) is 9.59 Å². The molecule has 0 aliphatic rings. The zero-order valence-corrected chi connectivity index (χ0v) is 10.9. The van der Waals surface area contributed by atoms with E-state index in [2.05, 4.69) is 10.3 Å². The van der Waals surface area contributed by atoms with Crippen molar-refractivity contribution in [2.24, 2.45) is 0 Å². The molecule has 1 N–H and O–H groups in total. The van der Waals surface area contributed by atoms with Gasteiger partial charge in [0.05, 0.1) is 6.61 Å². The highest BCUT2D eigenvalue weighted by molar-refractivity contribution is 6.28. The average Bonchev–Trinajstić information content (AvgIpc) is 2.75. The Morgan fingerprint density at radius 2 is 2.26 bits per heavy atom. The molecule has 19 heavy (non-hydrogen) atoms. The molecule has 0 aliphatic carbocycles. The van der Waals surface area contributed by atoms with Gasteiger partial charge in [-0.1, -0.05) is 0 Å². The molecule has 1 aromatic heterocycles. The van der Waals surface area contributed by atoms with E-state index in [0.717, 1.165) is 0 Å². The summed E-state index contributed by atoms with van der Waals surface area (Å²) >= 11 is 5.61. The Bertz CT molecular complexity index is 623. The van der Waals surface area contributed by atoms with Crippen LogP contribution < -0.4 is 5.32 Å². The summed E-state index contributed by atoms with van der Waals surface area (Å²) in [5, 5.41) is 2.46. The van der Waals surface area contributed by atoms with Crippen molar-refractivity contribution in [1.82, 2.24) is 10.3 Å². The molecule has 1 heterocycles. The smallest absolute Gasteiger partial charge is 0.325 e. The summed E-state index contributed by atoms with van der Waals surface area (Å²) in [7, 11) is 0. The summed E-state index contributed by atoms with van der Waals surface area (Å²) in [5.41, 5.74) is 1.34. The number of rotatable bonds is 4.